The fourth-order valence-electron chi connectivity index (χ4n) is 1.24. The van der Waals surface area contributed by atoms with Crippen LogP contribution < -0.4 is 0 Å². The van der Waals surface area contributed by atoms with E-state index < -0.39 is 12.1 Å². The number of rotatable bonds is 4. The van der Waals surface area contributed by atoms with Crippen LogP contribution >= 0.6 is 0 Å². The lowest BCUT2D eigenvalue weighted by atomic mass is 10.2. The van der Waals surface area contributed by atoms with E-state index in [2.05, 4.69) is 4.98 Å². The molecule has 78 valence electrons. The maximum atomic E-state index is 10.4. The van der Waals surface area contributed by atoms with Crippen LogP contribution in [-0.2, 0) is 11.2 Å². The quantitative estimate of drug-likeness (QED) is 0.736. The topological polar surface area (TPSA) is 75.3 Å². The normalized spacial score (nSPS) is 13.1. The molecule has 1 rings (SSSR count). The monoisotopic (exact) mass is 198 g/mol. The molecule has 0 aliphatic heterocycles. The summed E-state index contributed by atoms with van der Waals surface area (Å²) in [4.78, 5) is 14.3. The number of hydrogen-bond donors (Lipinski definition) is 2. The third-order valence-electron chi connectivity index (χ3n) is 1.99. The van der Waals surface area contributed by atoms with Crippen molar-refractivity contribution in [2.45, 2.75) is 32.4 Å². The minimum absolute atomic E-state index is 0.0908. The zero-order valence-corrected chi connectivity index (χ0v) is 8.21. The summed E-state index contributed by atoms with van der Waals surface area (Å²) < 4.78 is 1.84. The lowest BCUT2D eigenvalue weighted by Gasteiger charge is -2.12. The van der Waals surface area contributed by atoms with Gasteiger partial charge in [0.25, 0.3) is 0 Å². The predicted octanol–water partition coefficient (Wildman–Crippen LogP) is 0.452. The van der Waals surface area contributed by atoms with Crippen molar-refractivity contribution in [3.05, 3.63) is 18.2 Å². The zero-order chi connectivity index (χ0) is 10.7. The number of nitrogens with zero attached hydrogens (tertiary/aromatic N) is 2. The van der Waals surface area contributed by atoms with Gasteiger partial charge in [0.05, 0.1) is 6.33 Å². The highest BCUT2D eigenvalue weighted by Gasteiger charge is 2.16. The Balaban J connectivity index is 2.76. The van der Waals surface area contributed by atoms with E-state index in [1.807, 2.05) is 18.4 Å². The van der Waals surface area contributed by atoms with E-state index in [0.29, 0.717) is 0 Å². The average molecular weight is 198 g/mol. The molecule has 5 nitrogen and oxygen atoms in total. The number of hydrogen-bond acceptors (Lipinski definition) is 3. The second-order valence-electron chi connectivity index (χ2n) is 3.44. The summed E-state index contributed by atoms with van der Waals surface area (Å²) in [6, 6.07) is 0.216. The Labute approximate surface area is 82.0 Å². The van der Waals surface area contributed by atoms with Gasteiger partial charge in [-0.2, -0.15) is 0 Å². The molecule has 0 radical (unpaired) electrons. The molecular weight excluding hydrogens is 184 g/mol. The van der Waals surface area contributed by atoms with E-state index in [1.54, 1.807) is 12.5 Å². The van der Waals surface area contributed by atoms with Gasteiger partial charge in [-0.1, -0.05) is 0 Å². The number of aliphatic hydroxyl groups excluding tert-OH is 1. The van der Waals surface area contributed by atoms with E-state index in [-0.39, 0.29) is 12.5 Å². The van der Waals surface area contributed by atoms with Crippen LogP contribution in [0.2, 0.25) is 0 Å². The van der Waals surface area contributed by atoms with E-state index in [0.717, 1.165) is 5.69 Å². The average Bonchev–Trinajstić information content (AvgIpc) is 2.52. The van der Waals surface area contributed by atoms with Gasteiger partial charge in [-0.3, -0.25) is 0 Å². The second kappa shape index (κ2) is 4.23. The van der Waals surface area contributed by atoms with Crippen LogP contribution in [-0.4, -0.2) is 31.8 Å². The molecule has 0 aliphatic rings. The van der Waals surface area contributed by atoms with Gasteiger partial charge >= 0.3 is 5.97 Å². The number of aliphatic hydroxyl groups is 1. The molecule has 0 fully saturated rings. The van der Waals surface area contributed by atoms with E-state index in [1.165, 1.54) is 0 Å². The Bertz CT molecular complexity index is 320. The number of carboxylic acid groups (broad SMARTS) is 1. The molecular formula is C9H14N2O3. The number of carboxylic acids is 1. The Kier molecular flexibility index (Phi) is 3.24. The molecule has 0 aromatic carbocycles. The Hall–Kier alpha value is -1.36. The molecule has 5 heteroatoms. The first-order valence-electron chi connectivity index (χ1n) is 4.44. The third-order valence-corrected chi connectivity index (χ3v) is 1.99. The minimum Gasteiger partial charge on any atom is -0.479 e. The molecule has 0 bridgehead atoms. The molecule has 1 unspecified atom stereocenters. The highest BCUT2D eigenvalue weighted by Crippen LogP contribution is 2.10. The summed E-state index contributed by atoms with van der Waals surface area (Å²) in [6.45, 7) is 3.94. The van der Waals surface area contributed by atoms with Crippen molar-refractivity contribution in [3.63, 3.8) is 0 Å². The first-order valence-corrected chi connectivity index (χ1v) is 4.44. The van der Waals surface area contributed by atoms with Gasteiger partial charge in [0, 0.05) is 24.4 Å². The fourth-order valence-corrected chi connectivity index (χ4v) is 1.24. The summed E-state index contributed by atoms with van der Waals surface area (Å²) in [5, 5.41) is 17.7. The molecule has 0 saturated heterocycles. The van der Waals surface area contributed by atoms with Crippen molar-refractivity contribution in [1.29, 1.82) is 0 Å². The SMILES string of the molecule is CC(C)n1cncc1CC(O)C(=O)O. The Morgan fingerprint density at radius 2 is 2.29 bits per heavy atom. The third kappa shape index (κ3) is 2.32. The number of carbonyl (C=O) groups is 1. The van der Waals surface area contributed by atoms with Crippen LogP contribution in [0.1, 0.15) is 25.6 Å². The summed E-state index contributed by atoms with van der Waals surface area (Å²) in [7, 11) is 0. The van der Waals surface area contributed by atoms with Crippen LogP contribution in [0.4, 0.5) is 0 Å². The van der Waals surface area contributed by atoms with Gasteiger partial charge in [-0.15, -0.1) is 0 Å². The van der Waals surface area contributed by atoms with E-state index >= 15 is 0 Å². The van der Waals surface area contributed by atoms with Crippen molar-refractivity contribution in [1.82, 2.24) is 9.55 Å². The molecule has 14 heavy (non-hydrogen) atoms. The van der Waals surface area contributed by atoms with Crippen LogP contribution in [0.5, 0.6) is 0 Å². The largest absolute Gasteiger partial charge is 0.479 e. The minimum atomic E-state index is -1.36. The molecule has 1 aromatic rings. The smallest absolute Gasteiger partial charge is 0.332 e. The summed E-state index contributed by atoms with van der Waals surface area (Å²) in [5.74, 6) is -1.21. The molecule has 1 aromatic heterocycles. The van der Waals surface area contributed by atoms with E-state index in [4.69, 9.17) is 10.2 Å². The van der Waals surface area contributed by atoms with Gasteiger partial charge in [0.2, 0.25) is 0 Å². The van der Waals surface area contributed by atoms with Crippen molar-refractivity contribution in [2.75, 3.05) is 0 Å². The lowest BCUT2D eigenvalue weighted by Crippen LogP contribution is -2.23. The highest BCUT2D eigenvalue weighted by molar-refractivity contribution is 5.72. The van der Waals surface area contributed by atoms with Crippen molar-refractivity contribution >= 4 is 5.97 Å². The summed E-state index contributed by atoms with van der Waals surface area (Å²) in [6.07, 6.45) is 1.94. The van der Waals surface area contributed by atoms with Gasteiger partial charge in [0.15, 0.2) is 6.10 Å². The van der Waals surface area contributed by atoms with Crippen LogP contribution in [0.25, 0.3) is 0 Å². The maximum Gasteiger partial charge on any atom is 0.332 e. The maximum absolute atomic E-state index is 10.4. The van der Waals surface area contributed by atoms with Gasteiger partial charge in [-0.25, -0.2) is 9.78 Å². The Morgan fingerprint density at radius 1 is 1.64 bits per heavy atom. The van der Waals surface area contributed by atoms with Gasteiger partial charge in [-0.05, 0) is 13.8 Å². The Morgan fingerprint density at radius 3 is 2.79 bits per heavy atom. The molecule has 0 saturated carbocycles. The van der Waals surface area contributed by atoms with Gasteiger partial charge in [0.1, 0.15) is 0 Å². The fraction of sp³-hybridized carbons (Fsp3) is 0.556. The lowest BCUT2D eigenvalue weighted by molar-refractivity contribution is -0.146. The number of aromatic nitrogens is 2. The summed E-state index contributed by atoms with van der Waals surface area (Å²) >= 11 is 0. The van der Waals surface area contributed by atoms with Crippen LogP contribution in [0.15, 0.2) is 12.5 Å². The van der Waals surface area contributed by atoms with Crippen molar-refractivity contribution in [2.24, 2.45) is 0 Å². The molecule has 1 atom stereocenters. The van der Waals surface area contributed by atoms with Crippen molar-refractivity contribution in [3.8, 4) is 0 Å². The van der Waals surface area contributed by atoms with E-state index in [9.17, 15) is 4.79 Å². The van der Waals surface area contributed by atoms with Crippen LogP contribution in [0, 0.1) is 0 Å². The molecule has 1 heterocycles. The number of aliphatic carboxylic acids is 1. The second-order valence-corrected chi connectivity index (χ2v) is 3.44. The number of imidazole rings is 1. The molecule has 2 N–H and O–H groups in total. The van der Waals surface area contributed by atoms with Gasteiger partial charge < -0.3 is 14.8 Å². The predicted molar refractivity (Wildman–Crippen MR) is 50.0 cm³/mol. The van der Waals surface area contributed by atoms with Crippen molar-refractivity contribution < 1.29 is 15.0 Å². The first kappa shape index (κ1) is 10.7. The standard InChI is InChI=1S/C9H14N2O3/c1-6(2)11-5-10-4-7(11)3-8(12)9(13)14/h4-6,8,12H,3H2,1-2H3,(H,13,14). The first-order chi connectivity index (χ1) is 6.52. The summed E-state index contributed by atoms with van der Waals surface area (Å²) in [5.41, 5.74) is 0.731. The zero-order valence-electron chi connectivity index (χ0n) is 8.21. The molecule has 0 amide bonds. The molecule has 0 aliphatic carbocycles. The molecule has 0 spiro atoms. The highest BCUT2D eigenvalue weighted by atomic mass is 16.4. The van der Waals surface area contributed by atoms with Crippen LogP contribution in [0.3, 0.4) is 0 Å².